The van der Waals surface area contributed by atoms with Gasteiger partial charge in [0.15, 0.2) is 11.5 Å². The zero-order chi connectivity index (χ0) is 10.8. The predicted octanol–water partition coefficient (Wildman–Crippen LogP) is 2.83. The number of rotatable bonds is 2. The van der Waals surface area contributed by atoms with Gasteiger partial charge in [0.25, 0.3) is 0 Å². The standard InChI is InChI=1S/C11H10O3S/c1-14-11-8(12)5-4-7(10(11)13)9-3-2-6-15-9/h2-6,12-13H,1H3. The van der Waals surface area contributed by atoms with E-state index in [2.05, 4.69) is 0 Å². The summed E-state index contributed by atoms with van der Waals surface area (Å²) in [4.78, 5) is 0.936. The van der Waals surface area contributed by atoms with Crippen LogP contribution in [0.4, 0.5) is 0 Å². The van der Waals surface area contributed by atoms with Crippen LogP contribution >= 0.6 is 11.3 Å². The van der Waals surface area contributed by atoms with Crippen molar-refractivity contribution >= 4 is 11.3 Å². The summed E-state index contributed by atoms with van der Waals surface area (Å²) in [6, 6.07) is 6.97. The minimum absolute atomic E-state index is 0.0278. The normalized spacial score (nSPS) is 10.2. The SMILES string of the molecule is COc1c(O)ccc(-c2cccs2)c1O. The van der Waals surface area contributed by atoms with Gasteiger partial charge in [-0.05, 0) is 23.6 Å². The Balaban J connectivity index is 2.60. The largest absolute Gasteiger partial charge is 0.504 e. The molecular weight excluding hydrogens is 212 g/mol. The predicted molar refractivity (Wildman–Crippen MR) is 59.6 cm³/mol. The zero-order valence-corrected chi connectivity index (χ0v) is 8.91. The third-order valence-corrected chi connectivity index (χ3v) is 3.00. The molecule has 78 valence electrons. The first-order chi connectivity index (χ1) is 7.24. The van der Waals surface area contributed by atoms with Gasteiger partial charge in [-0.15, -0.1) is 11.3 Å². The fraction of sp³-hybridized carbons (Fsp3) is 0.0909. The summed E-state index contributed by atoms with van der Waals surface area (Å²) in [7, 11) is 1.41. The van der Waals surface area contributed by atoms with Gasteiger partial charge in [0.05, 0.1) is 7.11 Å². The molecule has 0 aliphatic rings. The Hall–Kier alpha value is -1.68. The monoisotopic (exact) mass is 222 g/mol. The van der Waals surface area contributed by atoms with Crippen LogP contribution in [0.1, 0.15) is 0 Å². The van der Waals surface area contributed by atoms with Crippen LogP contribution in [-0.4, -0.2) is 17.3 Å². The van der Waals surface area contributed by atoms with E-state index in [9.17, 15) is 10.2 Å². The summed E-state index contributed by atoms with van der Waals surface area (Å²) >= 11 is 1.52. The molecule has 2 N–H and O–H groups in total. The molecule has 15 heavy (non-hydrogen) atoms. The van der Waals surface area contributed by atoms with E-state index in [0.29, 0.717) is 5.56 Å². The molecule has 1 aromatic heterocycles. The van der Waals surface area contributed by atoms with Crippen molar-refractivity contribution in [2.45, 2.75) is 0 Å². The second-order valence-electron chi connectivity index (χ2n) is 2.99. The smallest absolute Gasteiger partial charge is 0.203 e. The van der Waals surface area contributed by atoms with E-state index in [1.807, 2.05) is 17.5 Å². The number of methoxy groups -OCH3 is 1. The van der Waals surface area contributed by atoms with Crippen molar-refractivity contribution in [2.24, 2.45) is 0 Å². The molecule has 1 heterocycles. The highest BCUT2D eigenvalue weighted by molar-refractivity contribution is 7.13. The number of aromatic hydroxyl groups is 2. The van der Waals surface area contributed by atoms with Crippen molar-refractivity contribution in [3.05, 3.63) is 29.6 Å². The van der Waals surface area contributed by atoms with E-state index >= 15 is 0 Å². The summed E-state index contributed by atoms with van der Waals surface area (Å²) in [5, 5.41) is 21.2. The molecule has 0 saturated carbocycles. The molecule has 0 saturated heterocycles. The average molecular weight is 222 g/mol. The summed E-state index contributed by atoms with van der Waals surface area (Å²) in [6.45, 7) is 0. The highest BCUT2D eigenvalue weighted by Gasteiger charge is 2.14. The van der Waals surface area contributed by atoms with Crippen LogP contribution in [0.2, 0.25) is 0 Å². The Morgan fingerprint density at radius 2 is 2.00 bits per heavy atom. The molecule has 0 atom stereocenters. The van der Waals surface area contributed by atoms with E-state index in [1.54, 1.807) is 6.07 Å². The fourth-order valence-corrected chi connectivity index (χ4v) is 2.14. The van der Waals surface area contributed by atoms with Gasteiger partial charge in [0.2, 0.25) is 5.75 Å². The van der Waals surface area contributed by atoms with Gasteiger partial charge in [0.1, 0.15) is 0 Å². The van der Waals surface area contributed by atoms with Crippen LogP contribution < -0.4 is 4.74 Å². The second-order valence-corrected chi connectivity index (χ2v) is 3.94. The first kappa shape index (κ1) is 9.86. The van der Waals surface area contributed by atoms with Crippen molar-refractivity contribution < 1.29 is 14.9 Å². The lowest BCUT2D eigenvalue weighted by molar-refractivity contribution is 0.345. The third kappa shape index (κ3) is 1.64. The topological polar surface area (TPSA) is 49.7 Å². The Morgan fingerprint density at radius 3 is 2.60 bits per heavy atom. The van der Waals surface area contributed by atoms with Gasteiger partial charge in [0, 0.05) is 10.4 Å². The number of ether oxygens (including phenoxy) is 1. The van der Waals surface area contributed by atoms with E-state index in [-0.39, 0.29) is 17.2 Å². The molecule has 2 rings (SSSR count). The molecule has 0 fully saturated rings. The lowest BCUT2D eigenvalue weighted by Crippen LogP contribution is -1.86. The van der Waals surface area contributed by atoms with Crippen molar-refractivity contribution in [1.82, 2.24) is 0 Å². The zero-order valence-electron chi connectivity index (χ0n) is 8.10. The molecule has 0 amide bonds. The highest BCUT2D eigenvalue weighted by Crippen LogP contribution is 2.43. The number of phenolic OH excluding ortho intramolecular Hbond substituents is 2. The Kier molecular flexibility index (Phi) is 2.51. The van der Waals surface area contributed by atoms with Crippen LogP contribution in [0.3, 0.4) is 0 Å². The molecule has 0 unspecified atom stereocenters. The summed E-state index contributed by atoms with van der Waals surface area (Å²) in [6.07, 6.45) is 0. The van der Waals surface area contributed by atoms with Gasteiger partial charge >= 0.3 is 0 Å². The van der Waals surface area contributed by atoms with Crippen molar-refractivity contribution in [1.29, 1.82) is 0 Å². The Morgan fingerprint density at radius 1 is 1.20 bits per heavy atom. The van der Waals surface area contributed by atoms with E-state index in [1.165, 1.54) is 24.5 Å². The molecule has 4 heteroatoms. The number of phenols is 2. The number of thiophene rings is 1. The van der Waals surface area contributed by atoms with Crippen LogP contribution in [0.15, 0.2) is 29.6 Å². The first-order valence-electron chi connectivity index (χ1n) is 4.37. The summed E-state index contributed by atoms with van der Waals surface area (Å²) < 4.78 is 4.92. The van der Waals surface area contributed by atoms with Crippen LogP contribution in [0, 0.1) is 0 Å². The van der Waals surface area contributed by atoms with Crippen LogP contribution in [0.5, 0.6) is 17.2 Å². The van der Waals surface area contributed by atoms with Gasteiger partial charge in [-0.3, -0.25) is 0 Å². The molecule has 0 aliphatic carbocycles. The quantitative estimate of drug-likeness (QED) is 0.821. The van der Waals surface area contributed by atoms with E-state index < -0.39 is 0 Å². The van der Waals surface area contributed by atoms with Gasteiger partial charge in [-0.2, -0.15) is 0 Å². The molecule has 3 nitrogen and oxygen atoms in total. The van der Waals surface area contributed by atoms with Crippen LogP contribution in [0.25, 0.3) is 10.4 Å². The lowest BCUT2D eigenvalue weighted by atomic mass is 10.1. The highest BCUT2D eigenvalue weighted by atomic mass is 32.1. The van der Waals surface area contributed by atoms with Crippen molar-refractivity contribution in [3.63, 3.8) is 0 Å². The molecule has 0 aliphatic heterocycles. The maximum atomic E-state index is 9.86. The number of hydrogen-bond acceptors (Lipinski definition) is 4. The third-order valence-electron chi connectivity index (χ3n) is 2.10. The number of hydrogen-bond donors (Lipinski definition) is 2. The molecule has 2 aromatic rings. The second kappa shape index (κ2) is 3.82. The summed E-state index contributed by atoms with van der Waals surface area (Å²) in [5.41, 5.74) is 0.666. The van der Waals surface area contributed by atoms with Gasteiger partial charge in [-0.1, -0.05) is 6.07 Å². The number of benzene rings is 1. The Bertz CT molecular complexity index is 463. The van der Waals surface area contributed by atoms with Gasteiger partial charge in [-0.25, -0.2) is 0 Å². The molecule has 0 bridgehead atoms. The van der Waals surface area contributed by atoms with E-state index in [0.717, 1.165) is 4.88 Å². The first-order valence-corrected chi connectivity index (χ1v) is 5.25. The minimum atomic E-state index is -0.0599. The van der Waals surface area contributed by atoms with E-state index in [4.69, 9.17) is 4.74 Å². The van der Waals surface area contributed by atoms with Crippen molar-refractivity contribution in [3.8, 4) is 27.7 Å². The maximum Gasteiger partial charge on any atom is 0.203 e. The molecular formula is C11H10O3S. The Labute approximate surface area is 91.2 Å². The van der Waals surface area contributed by atoms with Crippen molar-refractivity contribution in [2.75, 3.05) is 7.11 Å². The minimum Gasteiger partial charge on any atom is -0.504 e. The molecule has 0 spiro atoms. The molecule has 1 aromatic carbocycles. The maximum absolute atomic E-state index is 9.86. The summed E-state index contributed by atoms with van der Waals surface area (Å²) in [5.74, 6) is 0.0242. The van der Waals surface area contributed by atoms with Gasteiger partial charge < -0.3 is 14.9 Å². The molecule has 0 radical (unpaired) electrons. The van der Waals surface area contributed by atoms with Crippen LogP contribution in [-0.2, 0) is 0 Å². The average Bonchev–Trinajstić information content (AvgIpc) is 2.71. The lowest BCUT2D eigenvalue weighted by Gasteiger charge is -2.08. The fourth-order valence-electron chi connectivity index (χ4n) is 1.39.